The van der Waals surface area contributed by atoms with E-state index in [-0.39, 0.29) is 40.6 Å². The van der Waals surface area contributed by atoms with Crippen molar-refractivity contribution in [3.8, 4) is 5.88 Å². The van der Waals surface area contributed by atoms with Crippen molar-refractivity contribution in [3.05, 3.63) is 12.3 Å². The molecule has 0 radical (unpaired) electrons. The Hall–Kier alpha value is -0.0100. The van der Waals surface area contributed by atoms with E-state index in [9.17, 15) is 8.76 Å². The monoisotopic (exact) mass is 196 g/mol. The Bertz CT molecular complexity index is 283. The molecule has 0 aliphatic carbocycles. The molecule has 1 aromatic heterocycles. The molecule has 0 spiro atoms. The third-order valence-electron chi connectivity index (χ3n) is 0.966. The summed E-state index contributed by atoms with van der Waals surface area (Å²) in [5, 5.41) is -0.260. The minimum atomic E-state index is -2.39. The van der Waals surface area contributed by atoms with Crippen molar-refractivity contribution in [2.24, 2.45) is 0 Å². The van der Waals surface area contributed by atoms with E-state index in [0.29, 0.717) is 0 Å². The van der Waals surface area contributed by atoms with Gasteiger partial charge in [-0.2, -0.15) is 4.98 Å². The molecule has 0 N–H and O–H groups in total. The van der Waals surface area contributed by atoms with E-state index in [1.54, 1.807) is 0 Å². The van der Waals surface area contributed by atoms with Crippen molar-refractivity contribution < 1.29 is 43.1 Å². The standard InChI is InChI=1S/C5H6N2O3S.Na/c1-10-4-2-3-6-5(7-4)11(8)9;/h2-3H,1H3,(H,8,9);/q;+1/p-1. The number of ether oxygens (including phenoxy) is 1. The maximum absolute atomic E-state index is 10.3. The summed E-state index contributed by atoms with van der Waals surface area (Å²) in [5.74, 6) is 0.235. The van der Waals surface area contributed by atoms with Crippen LogP contribution in [-0.4, -0.2) is 25.8 Å². The van der Waals surface area contributed by atoms with Crippen molar-refractivity contribution in [2.45, 2.75) is 5.16 Å². The van der Waals surface area contributed by atoms with Gasteiger partial charge in [-0.3, -0.25) is 4.21 Å². The SMILES string of the molecule is COc1ccnc(S(=O)[O-])n1.[Na+]. The van der Waals surface area contributed by atoms with Crippen LogP contribution in [-0.2, 0) is 11.1 Å². The molecule has 0 aliphatic rings. The van der Waals surface area contributed by atoms with Gasteiger partial charge in [0.05, 0.1) is 7.11 Å². The largest absolute Gasteiger partial charge is 1.00 e. The first-order valence-electron chi connectivity index (χ1n) is 2.70. The van der Waals surface area contributed by atoms with Crippen molar-refractivity contribution >= 4 is 11.1 Å². The average Bonchev–Trinajstić information content (AvgIpc) is 2.05. The Morgan fingerprint density at radius 2 is 2.33 bits per heavy atom. The zero-order chi connectivity index (χ0) is 8.27. The predicted molar refractivity (Wildman–Crippen MR) is 35.8 cm³/mol. The van der Waals surface area contributed by atoms with Crippen molar-refractivity contribution in [2.75, 3.05) is 7.11 Å². The fourth-order valence-corrected chi connectivity index (χ4v) is 0.831. The topological polar surface area (TPSA) is 75.1 Å². The molecule has 0 fully saturated rings. The number of hydrogen-bond donors (Lipinski definition) is 0. The molecule has 0 amide bonds. The molecule has 0 saturated heterocycles. The van der Waals surface area contributed by atoms with Gasteiger partial charge in [-0.05, 0) is 0 Å². The first kappa shape index (κ1) is 12.0. The molecule has 5 nitrogen and oxygen atoms in total. The summed E-state index contributed by atoms with van der Waals surface area (Å²) in [7, 11) is 1.40. The molecule has 7 heteroatoms. The molecule has 0 aliphatic heterocycles. The summed E-state index contributed by atoms with van der Waals surface area (Å²) in [4.78, 5) is 7.03. The van der Waals surface area contributed by atoms with Gasteiger partial charge in [0.2, 0.25) is 11.0 Å². The third kappa shape index (κ3) is 3.16. The maximum Gasteiger partial charge on any atom is 1.00 e. The van der Waals surface area contributed by atoms with Gasteiger partial charge in [-0.25, -0.2) is 4.98 Å². The minimum Gasteiger partial charge on any atom is -0.766 e. The number of hydrogen-bond acceptors (Lipinski definition) is 5. The summed E-state index contributed by atoms with van der Waals surface area (Å²) >= 11 is -2.39. The van der Waals surface area contributed by atoms with Crippen LogP contribution in [0.1, 0.15) is 0 Å². The van der Waals surface area contributed by atoms with Gasteiger partial charge in [0.25, 0.3) is 0 Å². The summed E-state index contributed by atoms with van der Waals surface area (Å²) < 4.78 is 25.3. The molecule has 1 aromatic rings. The molecule has 12 heavy (non-hydrogen) atoms. The Balaban J connectivity index is 0.00000121. The molecule has 1 atom stereocenters. The smallest absolute Gasteiger partial charge is 0.766 e. The van der Waals surface area contributed by atoms with Gasteiger partial charge in [0.1, 0.15) is 0 Å². The quantitative estimate of drug-likeness (QED) is 0.282. The zero-order valence-corrected chi connectivity index (χ0v) is 9.50. The summed E-state index contributed by atoms with van der Waals surface area (Å²) in [6.45, 7) is 0. The van der Waals surface area contributed by atoms with Crippen LogP contribution in [0.15, 0.2) is 17.4 Å². The molecule has 1 heterocycles. The van der Waals surface area contributed by atoms with Crippen LogP contribution in [0.2, 0.25) is 0 Å². The Labute approximate surface area is 94.1 Å². The second-order valence-electron chi connectivity index (χ2n) is 1.62. The second-order valence-corrected chi connectivity index (χ2v) is 2.45. The van der Waals surface area contributed by atoms with E-state index in [2.05, 4.69) is 14.7 Å². The van der Waals surface area contributed by atoms with E-state index in [1.807, 2.05) is 0 Å². The van der Waals surface area contributed by atoms with Crippen LogP contribution in [0.5, 0.6) is 5.88 Å². The van der Waals surface area contributed by atoms with Crippen LogP contribution in [0.3, 0.4) is 0 Å². The van der Waals surface area contributed by atoms with E-state index >= 15 is 0 Å². The van der Waals surface area contributed by atoms with Crippen LogP contribution in [0, 0.1) is 0 Å². The number of rotatable bonds is 2. The van der Waals surface area contributed by atoms with Gasteiger partial charge in [0.15, 0.2) is 0 Å². The van der Waals surface area contributed by atoms with E-state index in [1.165, 1.54) is 19.4 Å². The average molecular weight is 196 g/mol. The van der Waals surface area contributed by atoms with Crippen LogP contribution in [0.4, 0.5) is 0 Å². The van der Waals surface area contributed by atoms with E-state index < -0.39 is 11.1 Å². The molecule has 0 saturated carbocycles. The summed E-state index contributed by atoms with van der Waals surface area (Å²) in [5.41, 5.74) is 0. The second kappa shape index (κ2) is 5.60. The Kier molecular flexibility index (Phi) is 5.60. The molecule has 60 valence electrons. The van der Waals surface area contributed by atoms with Crippen molar-refractivity contribution in [3.63, 3.8) is 0 Å². The van der Waals surface area contributed by atoms with Crippen LogP contribution in [0.25, 0.3) is 0 Å². The van der Waals surface area contributed by atoms with Gasteiger partial charge in [-0.15, -0.1) is 0 Å². The fraction of sp³-hybridized carbons (Fsp3) is 0.200. The number of aromatic nitrogens is 2. The third-order valence-corrected chi connectivity index (χ3v) is 1.46. The first-order chi connectivity index (χ1) is 5.24. The Morgan fingerprint density at radius 1 is 1.67 bits per heavy atom. The summed E-state index contributed by atoms with van der Waals surface area (Å²) in [6, 6.07) is 1.47. The van der Waals surface area contributed by atoms with Crippen molar-refractivity contribution in [1.29, 1.82) is 0 Å². The van der Waals surface area contributed by atoms with E-state index in [4.69, 9.17) is 0 Å². The van der Waals surface area contributed by atoms with Crippen molar-refractivity contribution in [1.82, 2.24) is 9.97 Å². The van der Waals surface area contributed by atoms with Gasteiger partial charge in [0, 0.05) is 23.3 Å². The Morgan fingerprint density at radius 3 is 2.83 bits per heavy atom. The predicted octanol–water partition coefficient (Wildman–Crippen LogP) is -3.27. The number of methoxy groups -OCH3 is 1. The van der Waals surface area contributed by atoms with Crippen LogP contribution >= 0.6 is 0 Å². The zero-order valence-electron chi connectivity index (χ0n) is 6.68. The molecular weight excluding hydrogens is 191 g/mol. The normalized spacial score (nSPS) is 11.5. The molecule has 1 unspecified atom stereocenters. The first-order valence-corrected chi connectivity index (χ1v) is 3.78. The molecule has 0 bridgehead atoms. The van der Waals surface area contributed by atoms with Crippen LogP contribution < -0.4 is 34.3 Å². The summed E-state index contributed by atoms with van der Waals surface area (Å²) in [6.07, 6.45) is 1.32. The molecule has 0 aromatic carbocycles. The van der Waals surface area contributed by atoms with Gasteiger partial charge in [-0.1, -0.05) is 0 Å². The molecular formula is C5H5N2NaO3S. The van der Waals surface area contributed by atoms with Gasteiger partial charge < -0.3 is 9.29 Å². The fourth-order valence-electron chi connectivity index (χ4n) is 0.519. The van der Waals surface area contributed by atoms with Gasteiger partial charge >= 0.3 is 29.6 Å². The molecule has 1 rings (SSSR count). The van der Waals surface area contributed by atoms with E-state index in [0.717, 1.165) is 0 Å². The maximum atomic E-state index is 10.3. The minimum absolute atomic E-state index is 0. The number of nitrogens with zero attached hydrogens (tertiary/aromatic N) is 2.